The summed E-state index contributed by atoms with van der Waals surface area (Å²) in [6.07, 6.45) is 9.18. The van der Waals surface area contributed by atoms with E-state index in [0.29, 0.717) is 11.5 Å². The van der Waals surface area contributed by atoms with E-state index in [9.17, 15) is 4.79 Å². The third-order valence-electron chi connectivity index (χ3n) is 4.59. The fourth-order valence-corrected chi connectivity index (χ4v) is 3.40. The quantitative estimate of drug-likeness (QED) is 0.799. The molecule has 25 heavy (non-hydrogen) atoms. The lowest BCUT2D eigenvalue weighted by atomic mass is 10.1. The first-order valence-electron chi connectivity index (χ1n) is 8.38. The molecular weight excluding hydrogens is 316 g/mol. The number of amides is 2. The average Bonchev–Trinajstić information content (AvgIpc) is 3.36. The Kier molecular flexibility index (Phi) is 3.97. The van der Waals surface area contributed by atoms with Crippen LogP contribution in [0.2, 0.25) is 0 Å². The molecule has 1 saturated heterocycles. The average molecular weight is 336 g/mol. The SMILES string of the molecule is Cn1cccc1C1CCCN1C(=O)Nc1cccnc1-n1cccn1. The van der Waals surface area contributed by atoms with E-state index in [1.54, 1.807) is 29.3 Å². The van der Waals surface area contributed by atoms with Gasteiger partial charge in [0.05, 0.1) is 11.7 Å². The molecule has 4 heterocycles. The minimum atomic E-state index is -0.106. The molecular formula is C18H20N6O. The number of hydrogen-bond donors (Lipinski definition) is 1. The number of pyridine rings is 1. The van der Waals surface area contributed by atoms with Crippen molar-refractivity contribution in [2.24, 2.45) is 7.05 Å². The molecule has 1 fully saturated rings. The van der Waals surface area contributed by atoms with Gasteiger partial charge in [-0.2, -0.15) is 5.10 Å². The van der Waals surface area contributed by atoms with E-state index in [1.165, 1.54) is 0 Å². The van der Waals surface area contributed by atoms with Crippen molar-refractivity contribution < 1.29 is 4.79 Å². The van der Waals surface area contributed by atoms with Crippen molar-refractivity contribution in [1.82, 2.24) is 24.2 Å². The molecule has 0 spiro atoms. The molecule has 4 rings (SSSR count). The molecule has 7 nitrogen and oxygen atoms in total. The summed E-state index contributed by atoms with van der Waals surface area (Å²) in [7, 11) is 2.01. The van der Waals surface area contributed by atoms with Crippen molar-refractivity contribution in [3.8, 4) is 5.82 Å². The number of nitrogens with zero attached hydrogens (tertiary/aromatic N) is 5. The number of carbonyl (C=O) groups is 1. The summed E-state index contributed by atoms with van der Waals surface area (Å²) in [6.45, 7) is 0.749. The molecule has 0 radical (unpaired) electrons. The third-order valence-corrected chi connectivity index (χ3v) is 4.59. The molecule has 1 N–H and O–H groups in total. The summed E-state index contributed by atoms with van der Waals surface area (Å²) in [6, 6.07) is 9.56. The summed E-state index contributed by atoms with van der Waals surface area (Å²) < 4.78 is 3.73. The minimum Gasteiger partial charge on any atom is -0.353 e. The van der Waals surface area contributed by atoms with Crippen molar-refractivity contribution >= 4 is 11.7 Å². The van der Waals surface area contributed by atoms with Crippen LogP contribution in [0.15, 0.2) is 55.1 Å². The van der Waals surface area contributed by atoms with Gasteiger partial charge in [0.2, 0.25) is 0 Å². The highest BCUT2D eigenvalue weighted by molar-refractivity contribution is 5.91. The predicted molar refractivity (Wildman–Crippen MR) is 94.5 cm³/mol. The van der Waals surface area contributed by atoms with Gasteiger partial charge in [-0.3, -0.25) is 0 Å². The molecule has 3 aromatic rings. The Bertz CT molecular complexity index is 869. The van der Waals surface area contributed by atoms with Crippen molar-refractivity contribution in [3.63, 3.8) is 0 Å². The van der Waals surface area contributed by atoms with Crippen LogP contribution in [0.5, 0.6) is 0 Å². The molecule has 3 aromatic heterocycles. The van der Waals surface area contributed by atoms with Gasteiger partial charge in [-0.25, -0.2) is 14.5 Å². The second-order valence-corrected chi connectivity index (χ2v) is 6.15. The van der Waals surface area contributed by atoms with Crippen LogP contribution in [0, 0.1) is 0 Å². The Balaban J connectivity index is 1.58. The molecule has 1 unspecified atom stereocenters. The van der Waals surface area contributed by atoms with E-state index in [0.717, 1.165) is 25.1 Å². The maximum atomic E-state index is 12.9. The van der Waals surface area contributed by atoms with Crippen LogP contribution >= 0.6 is 0 Å². The molecule has 0 saturated carbocycles. The summed E-state index contributed by atoms with van der Waals surface area (Å²) in [4.78, 5) is 19.1. The number of nitrogens with one attached hydrogen (secondary N) is 1. The molecule has 2 amide bonds. The zero-order chi connectivity index (χ0) is 17.2. The molecule has 1 atom stereocenters. The van der Waals surface area contributed by atoms with E-state index in [-0.39, 0.29) is 12.1 Å². The summed E-state index contributed by atoms with van der Waals surface area (Å²) >= 11 is 0. The van der Waals surface area contributed by atoms with Crippen molar-refractivity contribution in [2.75, 3.05) is 11.9 Å². The van der Waals surface area contributed by atoms with Crippen LogP contribution in [0.4, 0.5) is 10.5 Å². The zero-order valence-electron chi connectivity index (χ0n) is 14.0. The summed E-state index contributed by atoms with van der Waals surface area (Å²) in [5.41, 5.74) is 1.81. The molecule has 1 aliphatic heterocycles. The first kappa shape index (κ1) is 15.4. The molecule has 7 heteroatoms. The molecule has 128 valence electrons. The van der Waals surface area contributed by atoms with Gasteiger partial charge < -0.3 is 14.8 Å². The molecule has 1 aliphatic rings. The second kappa shape index (κ2) is 6.43. The number of rotatable bonds is 3. The topological polar surface area (TPSA) is 68.0 Å². The van der Waals surface area contributed by atoms with Gasteiger partial charge in [-0.15, -0.1) is 0 Å². The van der Waals surface area contributed by atoms with Gasteiger partial charge in [0.15, 0.2) is 5.82 Å². The highest BCUT2D eigenvalue weighted by Gasteiger charge is 2.31. The van der Waals surface area contributed by atoms with Crippen molar-refractivity contribution in [3.05, 3.63) is 60.8 Å². The van der Waals surface area contributed by atoms with E-state index in [2.05, 4.69) is 26.0 Å². The van der Waals surface area contributed by atoms with Gasteiger partial charge in [-0.05, 0) is 43.2 Å². The Morgan fingerprint density at radius 1 is 1.20 bits per heavy atom. The smallest absolute Gasteiger partial charge is 0.322 e. The van der Waals surface area contributed by atoms with Crippen LogP contribution in [0.1, 0.15) is 24.6 Å². The number of anilines is 1. The van der Waals surface area contributed by atoms with Crippen LogP contribution in [0.25, 0.3) is 5.82 Å². The number of hydrogen-bond acceptors (Lipinski definition) is 3. The fraction of sp³-hybridized carbons (Fsp3) is 0.278. The monoisotopic (exact) mass is 336 g/mol. The van der Waals surface area contributed by atoms with Gasteiger partial charge in [0.25, 0.3) is 0 Å². The normalized spacial score (nSPS) is 17.0. The summed E-state index contributed by atoms with van der Waals surface area (Å²) in [5, 5.41) is 7.21. The van der Waals surface area contributed by atoms with Crippen LogP contribution in [-0.4, -0.2) is 36.8 Å². The van der Waals surface area contributed by atoms with Crippen LogP contribution in [0.3, 0.4) is 0 Å². The Morgan fingerprint density at radius 2 is 2.12 bits per heavy atom. The second-order valence-electron chi connectivity index (χ2n) is 6.15. The number of aryl methyl sites for hydroxylation is 1. The highest BCUT2D eigenvalue weighted by Crippen LogP contribution is 2.32. The summed E-state index contributed by atoms with van der Waals surface area (Å²) in [5.74, 6) is 0.607. The number of likely N-dealkylation sites (tertiary alicyclic amines) is 1. The van der Waals surface area contributed by atoms with E-state index in [4.69, 9.17) is 0 Å². The lowest BCUT2D eigenvalue weighted by Crippen LogP contribution is -2.35. The number of aromatic nitrogens is 4. The van der Waals surface area contributed by atoms with E-state index in [1.807, 2.05) is 36.3 Å². The van der Waals surface area contributed by atoms with Gasteiger partial charge in [0, 0.05) is 44.1 Å². The van der Waals surface area contributed by atoms with Crippen LogP contribution < -0.4 is 5.32 Å². The standard InChI is InChI=1S/C18H20N6O/c1-22-11-3-7-15(22)16-8-4-12-23(16)18(25)21-14-6-2-9-19-17(14)24-13-5-10-20-24/h2-3,5-7,9-11,13,16H,4,8,12H2,1H3,(H,21,25). The van der Waals surface area contributed by atoms with Gasteiger partial charge in [0.1, 0.15) is 0 Å². The maximum Gasteiger partial charge on any atom is 0.322 e. The first-order valence-corrected chi connectivity index (χ1v) is 8.38. The van der Waals surface area contributed by atoms with Crippen molar-refractivity contribution in [1.29, 1.82) is 0 Å². The fourth-order valence-electron chi connectivity index (χ4n) is 3.40. The highest BCUT2D eigenvalue weighted by atomic mass is 16.2. The lowest BCUT2D eigenvalue weighted by molar-refractivity contribution is 0.205. The van der Waals surface area contributed by atoms with Crippen LogP contribution in [-0.2, 0) is 7.05 Å². The Morgan fingerprint density at radius 3 is 2.88 bits per heavy atom. The van der Waals surface area contributed by atoms with E-state index < -0.39 is 0 Å². The lowest BCUT2D eigenvalue weighted by Gasteiger charge is -2.26. The molecule has 0 aliphatic carbocycles. The predicted octanol–water partition coefficient (Wildman–Crippen LogP) is 2.97. The molecule has 0 bridgehead atoms. The van der Waals surface area contributed by atoms with Crippen molar-refractivity contribution in [2.45, 2.75) is 18.9 Å². The molecule has 0 aromatic carbocycles. The third kappa shape index (κ3) is 2.88. The Hall–Kier alpha value is -3.09. The van der Waals surface area contributed by atoms with Gasteiger partial charge in [-0.1, -0.05) is 0 Å². The maximum absolute atomic E-state index is 12.9. The Labute approximate surface area is 145 Å². The van der Waals surface area contributed by atoms with E-state index >= 15 is 0 Å². The first-order chi connectivity index (χ1) is 12.2. The number of urea groups is 1. The van der Waals surface area contributed by atoms with Gasteiger partial charge >= 0.3 is 6.03 Å². The largest absolute Gasteiger partial charge is 0.353 e. The zero-order valence-corrected chi connectivity index (χ0v) is 14.0. The number of carbonyl (C=O) groups excluding carboxylic acids is 1. The minimum absolute atomic E-state index is 0.102.